The summed E-state index contributed by atoms with van der Waals surface area (Å²) in [6.45, 7) is -0.0900. The van der Waals surface area contributed by atoms with Crippen LogP contribution in [0.4, 0.5) is 0 Å². The Hall–Kier alpha value is -2.86. The van der Waals surface area contributed by atoms with Gasteiger partial charge in [-0.15, -0.1) is 0 Å². The monoisotopic (exact) mass is 299 g/mol. The first-order valence-electron chi connectivity index (χ1n) is 6.67. The van der Waals surface area contributed by atoms with Gasteiger partial charge in [0, 0.05) is 5.39 Å². The van der Waals surface area contributed by atoms with E-state index in [1.807, 2.05) is 0 Å². The highest BCUT2D eigenvalue weighted by Gasteiger charge is 2.14. The van der Waals surface area contributed by atoms with Crippen LogP contribution in [0.3, 0.4) is 0 Å². The zero-order valence-electron chi connectivity index (χ0n) is 11.5. The zero-order chi connectivity index (χ0) is 15.5. The van der Waals surface area contributed by atoms with E-state index in [0.717, 1.165) is 0 Å². The Morgan fingerprint density at radius 2 is 1.86 bits per heavy atom. The number of para-hydroxylation sites is 1. The topological polar surface area (TPSA) is 92.7 Å². The number of hydrogen-bond acceptors (Lipinski definition) is 5. The van der Waals surface area contributed by atoms with Crippen LogP contribution in [0.15, 0.2) is 56.1 Å². The Kier molecular flexibility index (Phi) is 3.76. The van der Waals surface area contributed by atoms with Crippen molar-refractivity contribution < 1.29 is 18.7 Å². The van der Waals surface area contributed by atoms with E-state index in [0.29, 0.717) is 22.5 Å². The van der Waals surface area contributed by atoms with Crippen molar-refractivity contribution in [2.45, 2.75) is 13.2 Å². The van der Waals surface area contributed by atoms with Gasteiger partial charge < -0.3 is 19.3 Å². The van der Waals surface area contributed by atoms with Gasteiger partial charge in [-0.3, -0.25) is 4.79 Å². The van der Waals surface area contributed by atoms with Gasteiger partial charge in [0.25, 0.3) is 5.91 Å². The van der Waals surface area contributed by atoms with Crippen LogP contribution in [0.25, 0.3) is 11.0 Å². The molecule has 0 atom stereocenters. The molecule has 0 bridgehead atoms. The van der Waals surface area contributed by atoms with E-state index in [9.17, 15) is 9.59 Å². The van der Waals surface area contributed by atoms with Crippen LogP contribution in [-0.4, -0.2) is 11.0 Å². The summed E-state index contributed by atoms with van der Waals surface area (Å²) in [6.07, 6.45) is 0. The molecule has 0 aliphatic carbocycles. The van der Waals surface area contributed by atoms with Crippen LogP contribution < -0.4 is 10.9 Å². The number of aliphatic hydroxyl groups excluding tert-OH is 1. The van der Waals surface area contributed by atoms with E-state index in [1.165, 1.54) is 6.07 Å². The highest BCUT2D eigenvalue weighted by Crippen LogP contribution is 2.13. The molecule has 1 aromatic carbocycles. The third-order valence-corrected chi connectivity index (χ3v) is 3.18. The second-order valence-corrected chi connectivity index (χ2v) is 4.69. The molecule has 0 saturated carbocycles. The minimum atomic E-state index is -0.688. The minimum Gasteiger partial charge on any atom is -0.462 e. The lowest BCUT2D eigenvalue weighted by atomic mass is 10.2. The van der Waals surface area contributed by atoms with Crippen molar-refractivity contribution in [1.82, 2.24) is 5.32 Å². The van der Waals surface area contributed by atoms with Gasteiger partial charge in [0.2, 0.25) is 0 Å². The Bertz CT molecular complexity index is 877. The van der Waals surface area contributed by atoms with Gasteiger partial charge in [-0.2, -0.15) is 0 Å². The van der Waals surface area contributed by atoms with Gasteiger partial charge in [-0.05, 0) is 24.3 Å². The molecule has 6 nitrogen and oxygen atoms in total. The number of amides is 1. The van der Waals surface area contributed by atoms with Crippen LogP contribution in [-0.2, 0) is 13.2 Å². The summed E-state index contributed by atoms with van der Waals surface area (Å²) in [5.41, 5.74) is -0.318. The summed E-state index contributed by atoms with van der Waals surface area (Å²) in [5, 5.41) is 12.2. The molecule has 22 heavy (non-hydrogen) atoms. The molecule has 0 spiro atoms. The van der Waals surface area contributed by atoms with E-state index in [1.54, 1.807) is 36.4 Å². The molecular weight excluding hydrogens is 286 g/mol. The quantitative estimate of drug-likeness (QED) is 0.717. The molecule has 2 N–H and O–H groups in total. The van der Waals surface area contributed by atoms with Crippen molar-refractivity contribution in [3.05, 3.63) is 70.0 Å². The van der Waals surface area contributed by atoms with Crippen LogP contribution in [0.1, 0.15) is 21.9 Å². The smallest absolute Gasteiger partial charge is 0.349 e. The first kappa shape index (κ1) is 14.1. The zero-order valence-corrected chi connectivity index (χ0v) is 11.5. The standard InChI is InChI=1S/C16H13NO5/c18-9-12-6-5-11(21-12)8-17-15(19)13-7-10-3-1-2-4-14(10)22-16(13)20/h1-7,18H,8-9H2,(H,17,19). The SMILES string of the molecule is O=C(NCc1ccc(CO)o1)c1cc2ccccc2oc1=O. The number of furan rings is 1. The molecule has 3 rings (SSSR count). The molecule has 0 fully saturated rings. The van der Waals surface area contributed by atoms with E-state index < -0.39 is 11.5 Å². The first-order valence-corrected chi connectivity index (χ1v) is 6.67. The minimum absolute atomic E-state index is 0.0624. The molecule has 0 saturated heterocycles. The molecule has 112 valence electrons. The summed E-state index contributed by atoms with van der Waals surface area (Å²) in [6, 6.07) is 11.7. The van der Waals surface area contributed by atoms with Crippen molar-refractivity contribution in [2.75, 3.05) is 0 Å². The molecular formula is C16H13NO5. The molecule has 1 amide bonds. The van der Waals surface area contributed by atoms with Crippen molar-refractivity contribution >= 4 is 16.9 Å². The lowest BCUT2D eigenvalue weighted by Gasteiger charge is -2.03. The van der Waals surface area contributed by atoms with Gasteiger partial charge in [0.05, 0.1) is 6.54 Å². The maximum absolute atomic E-state index is 12.1. The highest BCUT2D eigenvalue weighted by atomic mass is 16.4. The Morgan fingerprint density at radius 1 is 1.09 bits per heavy atom. The number of fused-ring (bicyclic) bond motifs is 1. The average Bonchev–Trinajstić information content (AvgIpc) is 3.00. The van der Waals surface area contributed by atoms with Gasteiger partial charge >= 0.3 is 5.63 Å². The normalized spacial score (nSPS) is 10.8. The van der Waals surface area contributed by atoms with E-state index in [2.05, 4.69) is 5.32 Å². The molecule has 0 aliphatic rings. The summed E-state index contributed by atoms with van der Waals surface area (Å²) in [4.78, 5) is 23.9. The summed E-state index contributed by atoms with van der Waals surface area (Å²) in [7, 11) is 0. The van der Waals surface area contributed by atoms with Crippen molar-refractivity contribution in [2.24, 2.45) is 0 Å². The fourth-order valence-electron chi connectivity index (χ4n) is 2.09. The fourth-order valence-corrected chi connectivity index (χ4v) is 2.09. The number of carbonyl (C=O) groups is 1. The van der Waals surface area contributed by atoms with E-state index in [-0.39, 0.29) is 18.7 Å². The number of carbonyl (C=O) groups excluding carboxylic acids is 1. The maximum Gasteiger partial charge on any atom is 0.349 e. The van der Waals surface area contributed by atoms with Gasteiger partial charge in [0.1, 0.15) is 29.3 Å². The van der Waals surface area contributed by atoms with E-state index >= 15 is 0 Å². The summed E-state index contributed by atoms with van der Waals surface area (Å²) >= 11 is 0. The predicted molar refractivity (Wildman–Crippen MR) is 78.3 cm³/mol. The number of rotatable bonds is 4. The van der Waals surface area contributed by atoms with Crippen LogP contribution in [0, 0.1) is 0 Å². The van der Waals surface area contributed by atoms with Gasteiger partial charge in [-0.25, -0.2) is 4.79 Å². The predicted octanol–water partition coefficient (Wildman–Crippen LogP) is 1.81. The third-order valence-electron chi connectivity index (χ3n) is 3.18. The second kappa shape index (κ2) is 5.87. The number of benzene rings is 1. The Balaban J connectivity index is 1.79. The van der Waals surface area contributed by atoms with Gasteiger partial charge in [-0.1, -0.05) is 18.2 Å². The lowest BCUT2D eigenvalue weighted by molar-refractivity contribution is 0.0944. The molecule has 0 aliphatic heterocycles. The van der Waals surface area contributed by atoms with Gasteiger partial charge in [0.15, 0.2) is 0 Å². The lowest BCUT2D eigenvalue weighted by Crippen LogP contribution is -2.27. The van der Waals surface area contributed by atoms with Crippen molar-refractivity contribution in [3.63, 3.8) is 0 Å². The Labute approximate surface area is 125 Å². The van der Waals surface area contributed by atoms with Crippen molar-refractivity contribution in [1.29, 1.82) is 0 Å². The average molecular weight is 299 g/mol. The highest BCUT2D eigenvalue weighted by molar-refractivity contribution is 5.96. The fraction of sp³-hybridized carbons (Fsp3) is 0.125. The summed E-state index contributed by atoms with van der Waals surface area (Å²) in [5.74, 6) is 0.360. The van der Waals surface area contributed by atoms with E-state index in [4.69, 9.17) is 13.9 Å². The third kappa shape index (κ3) is 2.77. The Morgan fingerprint density at radius 3 is 2.64 bits per heavy atom. The first-order chi connectivity index (χ1) is 10.7. The van der Waals surface area contributed by atoms with Crippen LogP contribution in [0.2, 0.25) is 0 Å². The number of nitrogens with one attached hydrogen (secondary N) is 1. The molecule has 2 heterocycles. The van der Waals surface area contributed by atoms with Crippen molar-refractivity contribution in [3.8, 4) is 0 Å². The molecule has 6 heteroatoms. The number of hydrogen-bond donors (Lipinski definition) is 2. The molecule has 0 unspecified atom stereocenters. The molecule has 3 aromatic rings. The molecule has 2 aromatic heterocycles. The largest absolute Gasteiger partial charge is 0.462 e. The maximum atomic E-state index is 12.1. The van der Waals surface area contributed by atoms with Crippen LogP contribution in [0.5, 0.6) is 0 Å². The number of aliphatic hydroxyl groups is 1. The molecule has 0 radical (unpaired) electrons. The van der Waals surface area contributed by atoms with Crippen LogP contribution >= 0.6 is 0 Å². The second-order valence-electron chi connectivity index (χ2n) is 4.69. The summed E-state index contributed by atoms with van der Waals surface area (Å²) < 4.78 is 10.4.